The van der Waals surface area contributed by atoms with Gasteiger partial charge in [-0.15, -0.1) is 0 Å². The van der Waals surface area contributed by atoms with Gasteiger partial charge in [0.15, 0.2) is 5.65 Å². The minimum absolute atomic E-state index is 0.0227. The van der Waals surface area contributed by atoms with Gasteiger partial charge in [0.05, 0.1) is 0 Å². The van der Waals surface area contributed by atoms with Crippen LogP contribution in [0.2, 0.25) is 0 Å². The summed E-state index contributed by atoms with van der Waals surface area (Å²) in [5.41, 5.74) is 0.780. The monoisotopic (exact) mass is 358 g/mol. The van der Waals surface area contributed by atoms with Crippen molar-refractivity contribution >= 4 is 17.5 Å². The number of aryl methyl sites for hydroxylation is 1. The molecule has 0 aromatic carbocycles. The van der Waals surface area contributed by atoms with Crippen molar-refractivity contribution in [1.82, 2.24) is 29.7 Å². The molecule has 2 aliphatic rings. The molecule has 2 aromatic rings. The quantitative estimate of drug-likeness (QED) is 0.744. The first-order valence-corrected chi connectivity index (χ1v) is 8.94. The number of aromatic amines is 1. The molecule has 26 heavy (non-hydrogen) atoms. The molecule has 0 spiro atoms. The van der Waals surface area contributed by atoms with E-state index in [2.05, 4.69) is 15.4 Å². The Morgan fingerprint density at radius 3 is 2.77 bits per heavy atom. The highest BCUT2D eigenvalue weighted by Gasteiger charge is 2.36. The number of carbonyl (C=O) groups excluding carboxylic acids is 2. The minimum atomic E-state index is -0.583. The van der Waals surface area contributed by atoms with Crippen molar-refractivity contribution < 1.29 is 9.59 Å². The Morgan fingerprint density at radius 2 is 2.00 bits per heavy atom. The second kappa shape index (κ2) is 6.56. The fraction of sp³-hybridized carbons (Fsp3) is 0.529. The first-order chi connectivity index (χ1) is 12.6. The predicted octanol–water partition coefficient (Wildman–Crippen LogP) is -0.633. The first kappa shape index (κ1) is 16.8. The average Bonchev–Trinajstić information content (AvgIpc) is 3.30. The molecule has 2 saturated heterocycles. The van der Waals surface area contributed by atoms with E-state index in [1.165, 1.54) is 15.6 Å². The van der Waals surface area contributed by atoms with E-state index in [-0.39, 0.29) is 11.5 Å². The number of rotatable bonds is 2. The standard InChI is InChI=1S/C17H22N6O3/c1-11-8-14-19-9-12(16(25)23(14)20-11)15(24)22-7-4-18-10-13(22)17(26)21-5-2-3-6-21/h8-9,13,18,20H,2-7,10H2,1H3/t13-/m1/s1. The van der Waals surface area contributed by atoms with Crippen molar-refractivity contribution in [2.45, 2.75) is 25.8 Å². The lowest BCUT2D eigenvalue weighted by Crippen LogP contribution is -2.60. The van der Waals surface area contributed by atoms with Crippen molar-refractivity contribution in [3.8, 4) is 0 Å². The van der Waals surface area contributed by atoms with Gasteiger partial charge < -0.3 is 15.1 Å². The normalized spacial score (nSPS) is 20.7. The van der Waals surface area contributed by atoms with Crippen LogP contribution in [0, 0.1) is 6.92 Å². The molecule has 4 rings (SSSR count). The molecule has 0 unspecified atom stereocenters. The Balaban J connectivity index is 1.66. The highest BCUT2D eigenvalue weighted by atomic mass is 16.2. The van der Waals surface area contributed by atoms with Gasteiger partial charge in [-0.05, 0) is 19.8 Å². The molecule has 0 radical (unpaired) electrons. The molecule has 2 N–H and O–H groups in total. The van der Waals surface area contributed by atoms with Crippen LogP contribution < -0.4 is 10.9 Å². The molecule has 0 aliphatic carbocycles. The number of hydrogen-bond acceptors (Lipinski definition) is 5. The van der Waals surface area contributed by atoms with E-state index in [1.54, 1.807) is 11.0 Å². The first-order valence-electron chi connectivity index (χ1n) is 8.94. The lowest BCUT2D eigenvalue weighted by molar-refractivity contribution is -0.135. The van der Waals surface area contributed by atoms with Crippen LogP contribution in [0.25, 0.3) is 5.65 Å². The summed E-state index contributed by atoms with van der Waals surface area (Å²) in [6, 6.07) is 1.15. The largest absolute Gasteiger partial charge is 0.341 e. The van der Waals surface area contributed by atoms with E-state index in [0.29, 0.717) is 25.3 Å². The zero-order valence-electron chi connectivity index (χ0n) is 14.7. The number of amides is 2. The second-order valence-corrected chi connectivity index (χ2v) is 6.86. The van der Waals surface area contributed by atoms with Gasteiger partial charge in [0.25, 0.3) is 11.5 Å². The molecule has 138 valence electrons. The van der Waals surface area contributed by atoms with Crippen LogP contribution in [-0.2, 0) is 4.79 Å². The molecule has 0 saturated carbocycles. The van der Waals surface area contributed by atoms with Gasteiger partial charge in [-0.2, -0.15) is 0 Å². The summed E-state index contributed by atoms with van der Waals surface area (Å²) in [5.74, 6) is -0.490. The lowest BCUT2D eigenvalue weighted by atomic mass is 10.1. The highest BCUT2D eigenvalue weighted by Crippen LogP contribution is 2.15. The minimum Gasteiger partial charge on any atom is -0.341 e. The van der Waals surface area contributed by atoms with Crippen LogP contribution >= 0.6 is 0 Å². The molecule has 2 amide bonds. The van der Waals surface area contributed by atoms with E-state index < -0.39 is 17.5 Å². The number of nitrogens with one attached hydrogen (secondary N) is 2. The van der Waals surface area contributed by atoms with Gasteiger partial charge in [0.2, 0.25) is 5.91 Å². The molecule has 0 bridgehead atoms. The number of likely N-dealkylation sites (tertiary alicyclic amines) is 1. The number of aromatic nitrogens is 3. The van der Waals surface area contributed by atoms with Crippen molar-refractivity contribution in [2.75, 3.05) is 32.7 Å². The number of piperazine rings is 1. The van der Waals surface area contributed by atoms with Crippen LogP contribution in [-0.4, -0.2) is 75.0 Å². The zero-order valence-corrected chi connectivity index (χ0v) is 14.7. The van der Waals surface area contributed by atoms with Gasteiger partial charge in [-0.1, -0.05) is 0 Å². The summed E-state index contributed by atoms with van der Waals surface area (Å²) in [4.78, 5) is 46.1. The van der Waals surface area contributed by atoms with Crippen molar-refractivity contribution in [1.29, 1.82) is 0 Å². The average molecular weight is 358 g/mol. The summed E-state index contributed by atoms with van der Waals surface area (Å²) in [6.45, 7) is 4.66. The maximum atomic E-state index is 13.1. The second-order valence-electron chi connectivity index (χ2n) is 6.86. The Bertz CT molecular complexity index is 911. The van der Waals surface area contributed by atoms with Crippen LogP contribution in [0.3, 0.4) is 0 Å². The summed E-state index contributed by atoms with van der Waals surface area (Å²) in [5, 5.41) is 6.06. The van der Waals surface area contributed by atoms with E-state index >= 15 is 0 Å². The number of carbonyl (C=O) groups is 2. The third kappa shape index (κ3) is 2.78. The van der Waals surface area contributed by atoms with E-state index in [4.69, 9.17) is 0 Å². The van der Waals surface area contributed by atoms with Gasteiger partial charge in [0.1, 0.15) is 11.6 Å². The topological polar surface area (TPSA) is 103 Å². The van der Waals surface area contributed by atoms with Gasteiger partial charge in [-0.25, -0.2) is 9.50 Å². The van der Waals surface area contributed by atoms with Gasteiger partial charge >= 0.3 is 0 Å². The number of H-pyrrole nitrogens is 1. The van der Waals surface area contributed by atoms with Crippen molar-refractivity contribution in [3.63, 3.8) is 0 Å². The number of hydrogen-bond donors (Lipinski definition) is 2. The fourth-order valence-corrected chi connectivity index (χ4v) is 3.70. The van der Waals surface area contributed by atoms with Crippen LogP contribution in [0.15, 0.2) is 17.1 Å². The number of fused-ring (bicyclic) bond motifs is 1. The van der Waals surface area contributed by atoms with Gasteiger partial charge in [0, 0.05) is 50.7 Å². The molecule has 2 fully saturated rings. The summed E-state index contributed by atoms with van der Waals surface area (Å²) in [7, 11) is 0. The van der Waals surface area contributed by atoms with Gasteiger partial charge in [-0.3, -0.25) is 19.5 Å². The zero-order chi connectivity index (χ0) is 18.3. The van der Waals surface area contributed by atoms with Crippen LogP contribution in [0.1, 0.15) is 28.9 Å². The summed E-state index contributed by atoms with van der Waals surface area (Å²) >= 11 is 0. The molecular formula is C17H22N6O3. The fourth-order valence-electron chi connectivity index (χ4n) is 3.70. The van der Waals surface area contributed by atoms with E-state index in [1.807, 2.05) is 6.92 Å². The molecule has 1 atom stereocenters. The predicted molar refractivity (Wildman–Crippen MR) is 94.1 cm³/mol. The van der Waals surface area contributed by atoms with E-state index in [9.17, 15) is 14.4 Å². The highest BCUT2D eigenvalue weighted by molar-refractivity contribution is 5.97. The van der Waals surface area contributed by atoms with Crippen molar-refractivity contribution in [3.05, 3.63) is 33.9 Å². The van der Waals surface area contributed by atoms with E-state index in [0.717, 1.165) is 31.6 Å². The molecule has 4 heterocycles. The number of nitrogens with zero attached hydrogens (tertiary/aromatic N) is 4. The smallest absolute Gasteiger partial charge is 0.285 e. The van der Waals surface area contributed by atoms with Crippen LogP contribution in [0.4, 0.5) is 0 Å². The maximum absolute atomic E-state index is 13.1. The Hall–Kier alpha value is -2.68. The Kier molecular flexibility index (Phi) is 4.23. The molecule has 9 heteroatoms. The third-order valence-electron chi connectivity index (χ3n) is 5.06. The molecule has 2 aromatic heterocycles. The molecular weight excluding hydrogens is 336 g/mol. The maximum Gasteiger partial charge on any atom is 0.285 e. The van der Waals surface area contributed by atoms with Crippen LogP contribution in [0.5, 0.6) is 0 Å². The Morgan fingerprint density at radius 1 is 1.23 bits per heavy atom. The van der Waals surface area contributed by atoms with Crippen molar-refractivity contribution in [2.24, 2.45) is 0 Å². The summed E-state index contributed by atoms with van der Waals surface area (Å²) < 4.78 is 1.27. The Labute approximate surface area is 150 Å². The lowest BCUT2D eigenvalue weighted by Gasteiger charge is -2.37. The molecule has 2 aliphatic heterocycles. The summed E-state index contributed by atoms with van der Waals surface area (Å²) in [6.07, 6.45) is 3.30. The third-order valence-corrected chi connectivity index (χ3v) is 5.06. The SMILES string of the molecule is Cc1cc2ncc(C(=O)N3CCNC[C@@H]3C(=O)N3CCCC3)c(=O)n2[nH]1. The molecule has 9 nitrogen and oxygen atoms in total.